The first-order valence-electron chi connectivity index (χ1n) is 9.56. The average molecular weight is 418 g/mol. The van der Waals surface area contributed by atoms with E-state index in [0.717, 1.165) is 23.1 Å². The van der Waals surface area contributed by atoms with E-state index >= 15 is 0 Å². The number of likely N-dealkylation sites (tertiary alicyclic amines) is 1. The number of pyridine rings is 1. The number of phenolic OH excluding ortho intramolecular Hbond substituents is 1. The van der Waals surface area contributed by atoms with Gasteiger partial charge in [-0.1, -0.05) is 0 Å². The zero-order valence-corrected chi connectivity index (χ0v) is 16.8. The lowest BCUT2D eigenvalue weighted by atomic mass is 9.99. The number of carbonyl (C=O) groups excluding carboxylic acids is 1. The van der Waals surface area contributed by atoms with Gasteiger partial charge in [-0.3, -0.25) is 9.48 Å². The number of phenols is 1. The number of halogens is 3. The van der Waals surface area contributed by atoms with Gasteiger partial charge in [0.05, 0.1) is 17.3 Å². The fourth-order valence-corrected chi connectivity index (χ4v) is 3.96. The molecule has 0 aliphatic carbocycles. The molecule has 1 amide bonds. The smallest absolute Gasteiger partial charge is 0.416 e. The van der Waals surface area contributed by atoms with Gasteiger partial charge in [-0.25, -0.2) is 4.98 Å². The van der Waals surface area contributed by atoms with Gasteiger partial charge in [-0.2, -0.15) is 18.3 Å². The first-order valence-corrected chi connectivity index (χ1v) is 9.56. The molecular formula is C21H21F3N4O2. The lowest BCUT2D eigenvalue weighted by molar-refractivity contribution is -0.137. The molecule has 158 valence electrons. The molecule has 0 spiro atoms. The number of benzene rings is 1. The van der Waals surface area contributed by atoms with Crippen molar-refractivity contribution in [2.24, 2.45) is 0 Å². The minimum absolute atomic E-state index is 0.0333. The van der Waals surface area contributed by atoms with Gasteiger partial charge in [0, 0.05) is 37.2 Å². The number of likely N-dealkylation sites (N-methyl/N-ethyl adjacent to an activating group) is 1. The molecular weight excluding hydrogens is 397 g/mol. The first-order chi connectivity index (χ1) is 14.0. The van der Waals surface area contributed by atoms with Crippen LogP contribution in [0.15, 0.2) is 24.4 Å². The van der Waals surface area contributed by atoms with E-state index in [2.05, 4.69) is 10.1 Å². The number of nitrogens with zero attached hydrogens (tertiary/aromatic N) is 4. The number of alkyl halides is 3. The van der Waals surface area contributed by atoms with Crippen LogP contribution in [0.25, 0.3) is 22.3 Å². The van der Waals surface area contributed by atoms with Gasteiger partial charge in [0.25, 0.3) is 0 Å². The highest BCUT2D eigenvalue weighted by molar-refractivity contribution is 5.83. The Hall–Kier alpha value is -3.10. The summed E-state index contributed by atoms with van der Waals surface area (Å²) in [4.78, 5) is 17.9. The summed E-state index contributed by atoms with van der Waals surface area (Å²) in [6.45, 7) is 3.93. The second kappa shape index (κ2) is 7.00. The number of amides is 1. The third-order valence-corrected chi connectivity index (χ3v) is 5.59. The number of aromatic hydroxyl groups is 1. The molecule has 3 heterocycles. The standard InChI is InChI=1S/C21H21F3N4O2/c1-11-7-16(19-12(2)6-13(8-17(19)29)21(22,23)24)25-20-15(11)10-28(26-20)14-4-5-18(30)27(3)9-14/h6-8,10,14,29H,4-5,9H2,1-3H3. The Balaban J connectivity index is 1.76. The Morgan fingerprint density at radius 2 is 1.90 bits per heavy atom. The summed E-state index contributed by atoms with van der Waals surface area (Å²) in [6, 6.07) is 3.49. The summed E-state index contributed by atoms with van der Waals surface area (Å²) in [7, 11) is 1.76. The van der Waals surface area contributed by atoms with Gasteiger partial charge in [0.1, 0.15) is 5.75 Å². The van der Waals surface area contributed by atoms with E-state index in [1.807, 2.05) is 13.1 Å². The molecule has 4 rings (SSSR count). The lowest BCUT2D eigenvalue weighted by Crippen LogP contribution is -2.38. The van der Waals surface area contributed by atoms with Crippen LogP contribution in [-0.2, 0) is 11.0 Å². The average Bonchev–Trinajstić information content (AvgIpc) is 3.07. The SMILES string of the molecule is Cc1cc(C(F)(F)F)cc(O)c1-c1cc(C)c2cn(C3CCC(=O)N(C)C3)nc2n1. The molecule has 0 radical (unpaired) electrons. The van der Waals surface area contributed by atoms with E-state index < -0.39 is 17.5 Å². The van der Waals surface area contributed by atoms with E-state index in [0.29, 0.717) is 30.7 Å². The molecule has 9 heteroatoms. The summed E-state index contributed by atoms with van der Waals surface area (Å²) in [5, 5.41) is 15.7. The van der Waals surface area contributed by atoms with Crippen molar-refractivity contribution in [3.8, 4) is 17.0 Å². The highest BCUT2D eigenvalue weighted by Gasteiger charge is 2.32. The molecule has 3 aromatic rings. The van der Waals surface area contributed by atoms with Crippen molar-refractivity contribution in [1.82, 2.24) is 19.7 Å². The Morgan fingerprint density at radius 3 is 2.53 bits per heavy atom. The molecule has 6 nitrogen and oxygen atoms in total. The van der Waals surface area contributed by atoms with Gasteiger partial charge in [0.15, 0.2) is 5.65 Å². The summed E-state index contributed by atoms with van der Waals surface area (Å²) < 4.78 is 40.9. The van der Waals surface area contributed by atoms with Crippen LogP contribution in [0.4, 0.5) is 13.2 Å². The molecule has 1 aromatic carbocycles. The monoisotopic (exact) mass is 418 g/mol. The quantitative estimate of drug-likeness (QED) is 0.676. The summed E-state index contributed by atoms with van der Waals surface area (Å²) in [5.74, 6) is -0.367. The Bertz CT molecular complexity index is 1130. The van der Waals surface area contributed by atoms with Crippen molar-refractivity contribution in [2.75, 3.05) is 13.6 Å². The second-order valence-corrected chi connectivity index (χ2v) is 7.82. The van der Waals surface area contributed by atoms with Gasteiger partial charge in [0.2, 0.25) is 5.91 Å². The van der Waals surface area contributed by atoms with Gasteiger partial charge in [-0.15, -0.1) is 0 Å². The van der Waals surface area contributed by atoms with E-state index in [9.17, 15) is 23.1 Å². The maximum absolute atomic E-state index is 13.0. The number of hydrogen-bond donors (Lipinski definition) is 1. The second-order valence-electron chi connectivity index (χ2n) is 7.82. The third kappa shape index (κ3) is 3.48. The molecule has 1 saturated heterocycles. The van der Waals surface area contributed by atoms with Crippen LogP contribution >= 0.6 is 0 Å². The fraction of sp³-hybridized carbons (Fsp3) is 0.381. The Labute approximate surface area is 170 Å². The summed E-state index contributed by atoms with van der Waals surface area (Å²) in [5.41, 5.74) is 1.29. The number of rotatable bonds is 2. The molecule has 30 heavy (non-hydrogen) atoms. The van der Waals surface area contributed by atoms with E-state index in [1.165, 1.54) is 6.92 Å². The molecule has 1 N–H and O–H groups in total. The number of hydrogen-bond acceptors (Lipinski definition) is 4. The van der Waals surface area contributed by atoms with Crippen LogP contribution in [0.3, 0.4) is 0 Å². The predicted molar refractivity (Wildman–Crippen MR) is 105 cm³/mol. The summed E-state index contributed by atoms with van der Waals surface area (Å²) in [6.07, 6.45) is -1.52. The molecule has 1 aliphatic heterocycles. The Kier molecular flexibility index (Phi) is 4.71. The number of aryl methyl sites for hydroxylation is 2. The lowest BCUT2D eigenvalue weighted by Gasteiger charge is -2.29. The van der Waals surface area contributed by atoms with Crippen molar-refractivity contribution in [3.05, 3.63) is 41.1 Å². The van der Waals surface area contributed by atoms with Crippen molar-refractivity contribution in [1.29, 1.82) is 0 Å². The third-order valence-electron chi connectivity index (χ3n) is 5.59. The molecule has 0 bridgehead atoms. The maximum Gasteiger partial charge on any atom is 0.416 e. The van der Waals surface area contributed by atoms with Crippen molar-refractivity contribution in [2.45, 2.75) is 38.9 Å². The highest BCUT2D eigenvalue weighted by atomic mass is 19.4. The molecule has 1 atom stereocenters. The van der Waals surface area contributed by atoms with Crippen molar-refractivity contribution >= 4 is 16.9 Å². The van der Waals surface area contributed by atoms with Crippen LogP contribution in [0.2, 0.25) is 0 Å². The fourth-order valence-electron chi connectivity index (χ4n) is 3.96. The van der Waals surface area contributed by atoms with Crippen LogP contribution in [0, 0.1) is 13.8 Å². The number of aromatic nitrogens is 3. The zero-order valence-electron chi connectivity index (χ0n) is 16.8. The highest BCUT2D eigenvalue weighted by Crippen LogP contribution is 2.39. The largest absolute Gasteiger partial charge is 0.507 e. The van der Waals surface area contributed by atoms with E-state index in [4.69, 9.17) is 0 Å². The van der Waals surface area contributed by atoms with Crippen LogP contribution in [0.5, 0.6) is 5.75 Å². The predicted octanol–water partition coefficient (Wildman–Crippen LogP) is 4.23. The first kappa shape index (κ1) is 20.2. The maximum atomic E-state index is 13.0. The minimum Gasteiger partial charge on any atom is -0.507 e. The number of fused-ring (bicyclic) bond motifs is 1. The molecule has 2 aromatic heterocycles. The van der Waals surface area contributed by atoms with Crippen LogP contribution in [-0.4, -0.2) is 44.3 Å². The van der Waals surface area contributed by atoms with Crippen molar-refractivity contribution in [3.63, 3.8) is 0 Å². The van der Waals surface area contributed by atoms with E-state index in [1.54, 1.807) is 22.7 Å². The number of carbonyl (C=O) groups is 1. The molecule has 1 unspecified atom stereocenters. The summed E-state index contributed by atoms with van der Waals surface area (Å²) >= 11 is 0. The van der Waals surface area contributed by atoms with Gasteiger partial charge in [-0.05, 0) is 49.6 Å². The van der Waals surface area contributed by atoms with Gasteiger partial charge < -0.3 is 10.0 Å². The van der Waals surface area contributed by atoms with Gasteiger partial charge >= 0.3 is 6.18 Å². The number of piperidine rings is 1. The van der Waals surface area contributed by atoms with Crippen LogP contribution < -0.4 is 0 Å². The molecule has 1 fully saturated rings. The normalized spacial score (nSPS) is 17.7. The zero-order chi connectivity index (χ0) is 21.8. The molecule has 1 aliphatic rings. The van der Waals surface area contributed by atoms with Crippen molar-refractivity contribution < 1.29 is 23.1 Å². The minimum atomic E-state index is -4.54. The molecule has 0 saturated carbocycles. The van der Waals surface area contributed by atoms with E-state index in [-0.39, 0.29) is 23.1 Å². The Morgan fingerprint density at radius 1 is 1.17 bits per heavy atom. The van der Waals surface area contributed by atoms with Crippen LogP contribution in [0.1, 0.15) is 35.6 Å². The topological polar surface area (TPSA) is 71.2 Å².